The second-order valence-corrected chi connectivity index (χ2v) is 5.62. The molecule has 2 N–H and O–H groups in total. The Hall–Kier alpha value is -2.20. The highest BCUT2D eigenvalue weighted by Crippen LogP contribution is 2.28. The summed E-state index contributed by atoms with van der Waals surface area (Å²) in [7, 11) is 0. The van der Waals surface area contributed by atoms with E-state index in [-0.39, 0.29) is 13.2 Å². The summed E-state index contributed by atoms with van der Waals surface area (Å²) in [5.41, 5.74) is -0.286. The lowest BCUT2D eigenvalue weighted by molar-refractivity contribution is -0.173. The van der Waals surface area contributed by atoms with Crippen molar-refractivity contribution in [3.63, 3.8) is 0 Å². The maximum atomic E-state index is 12.0. The summed E-state index contributed by atoms with van der Waals surface area (Å²) in [4.78, 5) is 10.6. The van der Waals surface area contributed by atoms with Gasteiger partial charge in [-0.25, -0.2) is 0 Å². The Labute approximate surface area is 138 Å². The van der Waals surface area contributed by atoms with Gasteiger partial charge in [0.15, 0.2) is 0 Å². The molecule has 0 radical (unpaired) electrons. The number of carbonyl (C=O) groups excluding carboxylic acids is 1. The van der Waals surface area contributed by atoms with Crippen molar-refractivity contribution in [2.45, 2.75) is 37.5 Å². The van der Waals surface area contributed by atoms with Crippen molar-refractivity contribution >= 4 is 5.91 Å². The van der Waals surface area contributed by atoms with E-state index in [2.05, 4.69) is 11.8 Å². The van der Waals surface area contributed by atoms with Gasteiger partial charge in [0.2, 0.25) is 0 Å². The highest BCUT2D eigenvalue weighted by Gasteiger charge is 2.38. The van der Waals surface area contributed by atoms with Gasteiger partial charge in [0, 0.05) is 5.56 Å². The molecule has 0 aromatic heterocycles. The molecule has 130 valence electrons. The molecule has 0 atom stereocenters. The Balaban J connectivity index is 1.85. The van der Waals surface area contributed by atoms with Crippen LogP contribution in [0.25, 0.3) is 0 Å². The molecule has 0 unspecified atom stereocenters. The molecular weight excluding hydrogens is 323 g/mol. The number of halogens is 3. The minimum Gasteiger partial charge on any atom is -0.492 e. The van der Waals surface area contributed by atoms with Crippen molar-refractivity contribution in [3.05, 3.63) is 29.8 Å². The molecule has 7 heteroatoms. The predicted molar refractivity (Wildman–Crippen MR) is 81.3 cm³/mol. The number of carbonyl (C=O) groups is 1. The van der Waals surface area contributed by atoms with E-state index in [4.69, 9.17) is 4.74 Å². The van der Waals surface area contributed by atoms with Crippen molar-refractivity contribution in [2.75, 3.05) is 13.2 Å². The Morgan fingerprint density at radius 3 is 2.71 bits per heavy atom. The van der Waals surface area contributed by atoms with Crippen LogP contribution in [-0.4, -0.2) is 35.9 Å². The van der Waals surface area contributed by atoms with Crippen molar-refractivity contribution < 1.29 is 27.8 Å². The van der Waals surface area contributed by atoms with Crippen LogP contribution in [0.5, 0.6) is 5.75 Å². The second kappa shape index (κ2) is 7.58. The summed E-state index contributed by atoms with van der Waals surface area (Å²) in [5, 5.41) is 11.9. The van der Waals surface area contributed by atoms with E-state index in [1.807, 2.05) is 0 Å². The first-order valence-electron chi connectivity index (χ1n) is 7.62. The molecule has 4 nitrogen and oxygen atoms in total. The molecule has 0 spiro atoms. The fraction of sp³-hybridized carbons (Fsp3) is 0.471. The number of ether oxygens (including phenoxy) is 1. The smallest absolute Gasteiger partial charge is 0.471 e. The number of amides is 1. The Bertz CT molecular complexity index is 640. The van der Waals surface area contributed by atoms with Crippen LogP contribution < -0.4 is 10.1 Å². The number of alkyl halides is 3. The van der Waals surface area contributed by atoms with Gasteiger partial charge < -0.3 is 15.2 Å². The summed E-state index contributed by atoms with van der Waals surface area (Å²) in [6.07, 6.45) is -1.66. The van der Waals surface area contributed by atoms with Gasteiger partial charge >= 0.3 is 12.1 Å². The van der Waals surface area contributed by atoms with Crippen LogP contribution in [0, 0.1) is 11.8 Å². The van der Waals surface area contributed by atoms with Crippen LogP contribution in [0.2, 0.25) is 0 Å². The number of aliphatic hydroxyl groups is 1. The van der Waals surface area contributed by atoms with Gasteiger partial charge in [-0.05, 0) is 43.9 Å². The van der Waals surface area contributed by atoms with Gasteiger partial charge in [-0.3, -0.25) is 4.79 Å². The molecular formula is C17H18F3NO3. The average Bonchev–Trinajstić information content (AvgIpc) is 2.96. The zero-order chi connectivity index (χ0) is 17.6. The number of rotatable bonds is 4. The molecule has 1 aromatic carbocycles. The van der Waals surface area contributed by atoms with Gasteiger partial charge in [0.05, 0.1) is 6.54 Å². The normalized spacial score (nSPS) is 16.2. The second-order valence-electron chi connectivity index (χ2n) is 5.62. The van der Waals surface area contributed by atoms with Crippen LogP contribution >= 0.6 is 0 Å². The minimum atomic E-state index is -4.89. The first-order chi connectivity index (χ1) is 11.3. The van der Waals surface area contributed by atoms with Gasteiger partial charge in [-0.1, -0.05) is 17.9 Å². The molecule has 2 rings (SSSR count). The van der Waals surface area contributed by atoms with Crippen molar-refractivity contribution in [3.8, 4) is 17.6 Å². The van der Waals surface area contributed by atoms with E-state index in [9.17, 15) is 23.1 Å². The molecule has 1 aliphatic rings. The Morgan fingerprint density at radius 2 is 2.04 bits per heavy atom. The van der Waals surface area contributed by atoms with E-state index in [1.165, 1.54) is 0 Å². The number of benzene rings is 1. The zero-order valence-electron chi connectivity index (χ0n) is 12.9. The maximum Gasteiger partial charge on any atom is 0.471 e. The van der Waals surface area contributed by atoms with Crippen LogP contribution in [-0.2, 0) is 4.79 Å². The average molecular weight is 341 g/mol. The molecule has 0 saturated heterocycles. The zero-order valence-corrected chi connectivity index (χ0v) is 12.9. The first kappa shape index (κ1) is 18.1. The molecule has 0 bridgehead atoms. The molecule has 1 saturated carbocycles. The molecule has 1 amide bonds. The minimum absolute atomic E-state index is 0.0946. The monoisotopic (exact) mass is 341 g/mol. The van der Waals surface area contributed by atoms with Crippen molar-refractivity contribution in [1.82, 2.24) is 5.32 Å². The van der Waals surface area contributed by atoms with Gasteiger partial charge in [0.1, 0.15) is 18.0 Å². The summed E-state index contributed by atoms with van der Waals surface area (Å²) in [5.74, 6) is 4.21. The summed E-state index contributed by atoms with van der Waals surface area (Å²) < 4.78 is 41.3. The van der Waals surface area contributed by atoms with Crippen molar-refractivity contribution in [1.29, 1.82) is 0 Å². The summed E-state index contributed by atoms with van der Waals surface area (Å²) in [6, 6.07) is 6.73. The number of hydrogen-bond donors (Lipinski definition) is 2. The van der Waals surface area contributed by atoms with Gasteiger partial charge in [0.25, 0.3) is 0 Å². The number of hydrogen-bond acceptors (Lipinski definition) is 3. The van der Waals surface area contributed by atoms with E-state index in [0.29, 0.717) is 24.2 Å². The molecule has 1 aromatic rings. The van der Waals surface area contributed by atoms with E-state index in [0.717, 1.165) is 12.8 Å². The Kier molecular flexibility index (Phi) is 5.73. The topological polar surface area (TPSA) is 58.6 Å². The van der Waals surface area contributed by atoms with Crippen LogP contribution in [0.3, 0.4) is 0 Å². The summed E-state index contributed by atoms with van der Waals surface area (Å²) in [6.45, 7) is -0.351. The molecule has 0 aliphatic heterocycles. The maximum absolute atomic E-state index is 12.0. The lowest BCUT2D eigenvalue weighted by Crippen LogP contribution is -2.38. The van der Waals surface area contributed by atoms with Gasteiger partial charge in [-0.2, -0.15) is 13.2 Å². The fourth-order valence-corrected chi connectivity index (χ4v) is 2.37. The third-order valence-electron chi connectivity index (χ3n) is 3.62. The number of nitrogens with one attached hydrogen (secondary N) is 1. The third-order valence-corrected chi connectivity index (χ3v) is 3.62. The van der Waals surface area contributed by atoms with Gasteiger partial charge in [-0.15, -0.1) is 0 Å². The van der Waals surface area contributed by atoms with Crippen molar-refractivity contribution in [2.24, 2.45) is 0 Å². The highest BCUT2D eigenvalue weighted by atomic mass is 19.4. The standard InChI is InChI=1S/C17H18F3NO3/c18-17(19,20)15(22)21-10-11-24-14-5-3-4-13(12-14)6-9-16(23)7-1-2-8-16/h3-5,12,23H,1-2,7-8,10-11H2,(H,21,22). The highest BCUT2D eigenvalue weighted by molar-refractivity contribution is 5.81. The van der Waals surface area contributed by atoms with E-state index < -0.39 is 17.7 Å². The van der Waals surface area contributed by atoms with E-state index >= 15 is 0 Å². The quantitative estimate of drug-likeness (QED) is 0.653. The lowest BCUT2D eigenvalue weighted by atomic mass is 10.0. The lowest BCUT2D eigenvalue weighted by Gasteiger charge is -2.13. The van der Waals surface area contributed by atoms with Crippen LogP contribution in [0.15, 0.2) is 24.3 Å². The third kappa shape index (κ3) is 5.46. The SMILES string of the molecule is O=C(NCCOc1cccc(C#CC2(O)CCCC2)c1)C(F)(F)F. The van der Waals surface area contributed by atoms with E-state index in [1.54, 1.807) is 29.6 Å². The fourth-order valence-electron chi connectivity index (χ4n) is 2.37. The van der Waals surface area contributed by atoms with Crippen LogP contribution in [0.4, 0.5) is 13.2 Å². The molecule has 1 aliphatic carbocycles. The predicted octanol–water partition coefficient (Wildman–Crippen LogP) is 2.40. The largest absolute Gasteiger partial charge is 0.492 e. The first-order valence-corrected chi connectivity index (χ1v) is 7.62. The van der Waals surface area contributed by atoms with Crippen LogP contribution in [0.1, 0.15) is 31.2 Å². The Morgan fingerprint density at radius 1 is 1.33 bits per heavy atom. The molecule has 1 fully saturated rings. The summed E-state index contributed by atoms with van der Waals surface area (Å²) >= 11 is 0. The molecule has 0 heterocycles. The molecule has 24 heavy (non-hydrogen) atoms.